The monoisotopic (exact) mass is 282 g/mol. The fourth-order valence-corrected chi connectivity index (χ4v) is 2.46. The van der Waals surface area contributed by atoms with Gasteiger partial charge in [0.25, 0.3) is 15.6 Å². The molecule has 2 rings (SSSR count). The van der Waals surface area contributed by atoms with E-state index >= 15 is 0 Å². The minimum absolute atomic E-state index is 0.119. The van der Waals surface area contributed by atoms with E-state index in [2.05, 4.69) is 14.7 Å². The molecule has 0 aromatic carbocycles. The summed E-state index contributed by atoms with van der Waals surface area (Å²) in [4.78, 5) is 29.5. The molecule has 2 aromatic heterocycles. The molecular formula is C10H10N4O4S. The first kappa shape index (κ1) is 13.0. The van der Waals surface area contributed by atoms with E-state index < -0.39 is 26.2 Å². The molecule has 8 nitrogen and oxygen atoms in total. The molecule has 2 aromatic rings. The van der Waals surface area contributed by atoms with E-state index in [1.807, 2.05) is 4.98 Å². The van der Waals surface area contributed by atoms with E-state index in [-0.39, 0.29) is 5.82 Å². The Morgan fingerprint density at radius 1 is 1.32 bits per heavy atom. The minimum atomic E-state index is -4.11. The first-order valence-corrected chi connectivity index (χ1v) is 6.65. The summed E-state index contributed by atoms with van der Waals surface area (Å²) in [5, 5.41) is 0. The van der Waals surface area contributed by atoms with Crippen LogP contribution in [0.25, 0.3) is 0 Å². The number of rotatable bonds is 3. The van der Waals surface area contributed by atoms with Gasteiger partial charge in [0.05, 0.1) is 0 Å². The first-order chi connectivity index (χ1) is 8.90. The van der Waals surface area contributed by atoms with Crippen molar-refractivity contribution < 1.29 is 8.42 Å². The third-order valence-electron chi connectivity index (χ3n) is 2.32. The van der Waals surface area contributed by atoms with Gasteiger partial charge in [-0.05, 0) is 18.6 Å². The molecule has 0 radical (unpaired) electrons. The summed E-state index contributed by atoms with van der Waals surface area (Å²) in [6.45, 7) is 1.67. The molecule has 0 spiro atoms. The van der Waals surface area contributed by atoms with Crippen LogP contribution in [0, 0.1) is 6.92 Å². The summed E-state index contributed by atoms with van der Waals surface area (Å²) in [5.41, 5.74) is -1.17. The number of aromatic nitrogens is 3. The number of nitrogens with one attached hydrogen (secondary N) is 3. The molecular weight excluding hydrogens is 272 g/mol. The van der Waals surface area contributed by atoms with Crippen molar-refractivity contribution in [2.75, 3.05) is 4.72 Å². The average molecular weight is 282 g/mol. The van der Waals surface area contributed by atoms with E-state index in [9.17, 15) is 18.0 Å². The number of H-pyrrole nitrogens is 2. The van der Waals surface area contributed by atoms with Gasteiger partial charge in [-0.1, -0.05) is 6.07 Å². The van der Waals surface area contributed by atoms with Gasteiger partial charge in [0.2, 0.25) is 0 Å². The maximum absolute atomic E-state index is 12.0. The van der Waals surface area contributed by atoms with Crippen LogP contribution in [0.1, 0.15) is 5.56 Å². The number of hydrogen-bond acceptors (Lipinski definition) is 5. The third-order valence-corrected chi connectivity index (χ3v) is 3.66. The zero-order valence-electron chi connectivity index (χ0n) is 9.80. The molecule has 19 heavy (non-hydrogen) atoms. The number of hydrogen-bond donors (Lipinski definition) is 3. The quantitative estimate of drug-likeness (QED) is 0.704. The highest BCUT2D eigenvalue weighted by molar-refractivity contribution is 7.92. The average Bonchev–Trinajstić information content (AvgIpc) is 2.31. The Morgan fingerprint density at radius 2 is 2.05 bits per heavy atom. The Bertz CT molecular complexity index is 822. The van der Waals surface area contributed by atoms with Gasteiger partial charge in [-0.3, -0.25) is 14.5 Å². The molecule has 0 unspecified atom stereocenters. The number of pyridine rings is 1. The molecule has 0 aliphatic rings. The van der Waals surface area contributed by atoms with Crippen LogP contribution in [-0.4, -0.2) is 23.4 Å². The maximum atomic E-state index is 12.0. The molecule has 0 bridgehead atoms. The van der Waals surface area contributed by atoms with Crippen LogP contribution in [0.2, 0.25) is 0 Å². The van der Waals surface area contributed by atoms with Crippen LogP contribution in [0.4, 0.5) is 5.82 Å². The molecule has 0 amide bonds. The molecule has 0 fully saturated rings. The van der Waals surface area contributed by atoms with Crippen LogP contribution >= 0.6 is 0 Å². The van der Waals surface area contributed by atoms with Crippen molar-refractivity contribution in [1.82, 2.24) is 15.0 Å². The highest BCUT2D eigenvalue weighted by Crippen LogP contribution is 2.13. The van der Waals surface area contributed by atoms with Crippen molar-refractivity contribution >= 4 is 15.8 Å². The molecule has 0 aliphatic heterocycles. The Kier molecular flexibility index (Phi) is 3.21. The molecule has 9 heteroatoms. The van der Waals surface area contributed by atoms with Crippen LogP contribution < -0.4 is 16.0 Å². The molecule has 0 saturated heterocycles. The predicted octanol–water partition coefficient (Wildman–Crippen LogP) is -0.433. The molecule has 100 valence electrons. The van der Waals surface area contributed by atoms with Gasteiger partial charge in [0.1, 0.15) is 5.82 Å². The van der Waals surface area contributed by atoms with Crippen molar-refractivity contribution in [1.29, 1.82) is 0 Å². The molecule has 0 aliphatic carbocycles. The van der Waals surface area contributed by atoms with Gasteiger partial charge >= 0.3 is 5.69 Å². The Labute approximate surface area is 107 Å². The number of sulfonamides is 1. The molecule has 0 atom stereocenters. The second kappa shape index (κ2) is 4.69. The fourth-order valence-electron chi connectivity index (χ4n) is 1.37. The molecule has 0 saturated carbocycles. The SMILES string of the molecule is Cc1cccnc1NS(=O)(=O)c1c[nH]c(=O)[nH]c1=O. The fraction of sp³-hybridized carbons (Fsp3) is 0.100. The van der Waals surface area contributed by atoms with Crippen molar-refractivity contribution in [3.05, 3.63) is 50.9 Å². The number of aryl methyl sites for hydroxylation is 1. The third kappa shape index (κ3) is 2.71. The number of nitrogens with zero attached hydrogens (tertiary/aromatic N) is 1. The lowest BCUT2D eigenvalue weighted by Gasteiger charge is -2.08. The van der Waals surface area contributed by atoms with Crippen LogP contribution in [0.5, 0.6) is 0 Å². The lowest BCUT2D eigenvalue weighted by Crippen LogP contribution is -2.29. The predicted molar refractivity (Wildman–Crippen MR) is 67.5 cm³/mol. The zero-order chi connectivity index (χ0) is 14.0. The zero-order valence-corrected chi connectivity index (χ0v) is 10.6. The highest BCUT2D eigenvalue weighted by atomic mass is 32.2. The van der Waals surface area contributed by atoms with Crippen LogP contribution in [0.15, 0.2) is 39.0 Å². The maximum Gasteiger partial charge on any atom is 0.325 e. The van der Waals surface area contributed by atoms with E-state index in [1.54, 1.807) is 19.1 Å². The summed E-state index contributed by atoms with van der Waals surface area (Å²) in [5.74, 6) is 0.119. The lowest BCUT2D eigenvalue weighted by atomic mass is 10.3. The Hall–Kier alpha value is -2.42. The number of anilines is 1. The summed E-state index contributed by atoms with van der Waals surface area (Å²) in [6, 6.07) is 3.32. The topological polar surface area (TPSA) is 125 Å². The van der Waals surface area contributed by atoms with E-state index in [0.717, 1.165) is 6.20 Å². The smallest absolute Gasteiger partial charge is 0.313 e. The summed E-state index contributed by atoms with van der Waals surface area (Å²) < 4.78 is 26.2. The van der Waals surface area contributed by atoms with E-state index in [1.165, 1.54) is 6.20 Å². The van der Waals surface area contributed by atoms with Crippen molar-refractivity contribution in [2.45, 2.75) is 11.8 Å². The first-order valence-electron chi connectivity index (χ1n) is 5.16. The van der Waals surface area contributed by atoms with Crippen molar-refractivity contribution in [2.24, 2.45) is 0 Å². The number of aromatic amines is 2. The second-order valence-corrected chi connectivity index (χ2v) is 5.36. The lowest BCUT2D eigenvalue weighted by molar-refractivity contribution is 0.598. The van der Waals surface area contributed by atoms with E-state index in [0.29, 0.717) is 5.56 Å². The Balaban J connectivity index is 2.47. The van der Waals surface area contributed by atoms with E-state index in [4.69, 9.17) is 0 Å². The second-order valence-electron chi connectivity index (χ2n) is 3.71. The van der Waals surface area contributed by atoms with Gasteiger partial charge in [-0.15, -0.1) is 0 Å². The van der Waals surface area contributed by atoms with Gasteiger partial charge in [0, 0.05) is 12.4 Å². The van der Waals surface area contributed by atoms with Gasteiger partial charge < -0.3 is 4.98 Å². The summed E-state index contributed by atoms with van der Waals surface area (Å²) in [7, 11) is -4.11. The summed E-state index contributed by atoms with van der Waals surface area (Å²) >= 11 is 0. The largest absolute Gasteiger partial charge is 0.325 e. The van der Waals surface area contributed by atoms with Crippen molar-refractivity contribution in [3.63, 3.8) is 0 Å². The minimum Gasteiger partial charge on any atom is -0.313 e. The standard InChI is InChI=1S/C10H10N4O4S/c1-6-3-2-4-11-8(6)14-19(17,18)7-5-12-10(16)13-9(7)15/h2-5H,1H3,(H,11,14)(H2,12,13,15,16). The van der Waals surface area contributed by atoms with Gasteiger partial charge in [0.15, 0.2) is 4.90 Å². The molecule has 3 N–H and O–H groups in total. The summed E-state index contributed by atoms with van der Waals surface area (Å²) in [6.07, 6.45) is 2.25. The Morgan fingerprint density at radius 3 is 2.68 bits per heavy atom. The van der Waals surface area contributed by atoms with Gasteiger partial charge in [-0.25, -0.2) is 18.2 Å². The van der Waals surface area contributed by atoms with Gasteiger partial charge in [-0.2, -0.15) is 0 Å². The molecule has 2 heterocycles. The highest BCUT2D eigenvalue weighted by Gasteiger charge is 2.20. The van der Waals surface area contributed by atoms with Crippen LogP contribution in [0.3, 0.4) is 0 Å². The normalized spacial score (nSPS) is 11.2. The van der Waals surface area contributed by atoms with Crippen LogP contribution in [-0.2, 0) is 10.0 Å². The van der Waals surface area contributed by atoms with Crippen molar-refractivity contribution in [3.8, 4) is 0 Å².